The van der Waals surface area contributed by atoms with Crippen molar-refractivity contribution >= 4 is 39.2 Å². The zero-order valence-electron chi connectivity index (χ0n) is 17.3. The minimum absolute atomic E-state index is 0.230. The fourth-order valence-electron chi connectivity index (χ4n) is 3.35. The van der Waals surface area contributed by atoms with E-state index in [0.717, 1.165) is 21.3 Å². The first-order valence-electron chi connectivity index (χ1n) is 9.91. The molecule has 0 aromatic heterocycles. The van der Waals surface area contributed by atoms with Gasteiger partial charge < -0.3 is 25.0 Å². The molecule has 3 rings (SSSR count). The number of urea groups is 1. The van der Waals surface area contributed by atoms with Crippen molar-refractivity contribution in [1.29, 1.82) is 0 Å². The van der Waals surface area contributed by atoms with Crippen LogP contribution < -0.4 is 15.5 Å². The Morgan fingerprint density at radius 3 is 2.43 bits per heavy atom. The lowest BCUT2D eigenvalue weighted by Crippen LogP contribution is -2.43. The number of halogens is 1. The number of aryl methyl sites for hydroxylation is 1. The van der Waals surface area contributed by atoms with E-state index in [0.29, 0.717) is 18.9 Å². The summed E-state index contributed by atoms with van der Waals surface area (Å²) < 4.78 is 12.0. The Bertz CT molecular complexity index is 898. The minimum atomic E-state index is -0.799. The van der Waals surface area contributed by atoms with Crippen LogP contribution in [0, 0.1) is 6.92 Å². The van der Waals surface area contributed by atoms with Crippen LogP contribution in [0.1, 0.15) is 31.0 Å². The number of carbonyl (C=O) groups excluding carboxylic acids is 2. The van der Waals surface area contributed by atoms with Gasteiger partial charge in [-0.15, -0.1) is 0 Å². The monoisotopic (exact) mass is 475 g/mol. The summed E-state index contributed by atoms with van der Waals surface area (Å²) in [6, 6.07) is 11.8. The summed E-state index contributed by atoms with van der Waals surface area (Å²) in [4.78, 5) is 27.4. The predicted molar refractivity (Wildman–Crippen MR) is 120 cm³/mol. The predicted octanol–water partition coefficient (Wildman–Crippen LogP) is 4.37. The quantitative estimate of drug-likeness (QED) is 0.555. The average Bonchev–Trinajstić information content (AvgIpc) is 2.95. The maximum absolute atomic E-state index is 13.2. The van der Waals surface area contributed by atoms with E-state index in [2.05, 4.69) is 26.6 Å². The molecule has 7 nitrogen and oxygen atoms in total. The molecule has 2 N–H and O–H groups in total. The van der Waals surface area contributed by atoms with Crippen LogP contribution in [0.15, 0.2) is 46.9 Å². The number of benzene rings is 2. The van der Waals surface area contributed by atoms with Gasteiger partial charge in [0.1, 0.15) is 6.04 Å². The fourth-order valence-corrected chi connectivity index (χ4v) is 3.73. The molecule has 0 aliphatic carbocycles. The van der Waals surface area contributed by atoms with Crippen LogP contribution in [0.5, 0.6) is 0 Å². The van der Waals surface area contributed by atoms with Gasteiger partial charge in [-0.25, -0.2) is 4.79 Å². The lowest BCUT2D eigenvalue weighted by Gasteiger charge is -2.24. The van der Waals surface area contributed by atoms with E-state index in [1.165, 1.54) is 0 Å². The van der Waals surface area contributed by atoms with Gasteiger partial charge in [-0.3, -0.25) is 4.79 Å². The number of hydrogen-bond donors (Lipinski definition) is 2. The summed E-state index contributed by atoms with van der Waals surface area (Å²) in [7, 11) is 0. The van der Waals surface area contributed by atoms with E-state index in [-0.39, 0.29) is 12.5 Å². The van der Waals surface area contributed by atoms with Crippen LogP contribution in [-0.4, -0.2) is 38.0 Å². The zero-order valence-corrected chi connectivity index (χ0v) is 18.9. The summed E-state index contributed by atoms with van der Waals surface area (Å²) in [5.74, 6) is -0.230. The van der Waals surface area contributed by atoms with Gasteiger partial charge in [0.15, 0.2) is 6.29 Å². The topological polar surface area (TPSA) is 79.9 Å². The molecule has 2 aromatic carbocycles. The highest BCUT2D eigenvalue weighted by molar-refractivity contribution is 9.10. The van der Waals surface area contributed by atoms with Gasteiger partial charge in [0, 0.05) is 34.6 Å². The van der Waals surface area contributed by atoms with Crippen molar-refractivity contribution in [2.24, 2.45) is 0 Å². The number of carbonyl (C=O) groups is 2. The Morgan fingerprint density at radius 2 is 1.80 bits per heavy atom. The van der Waals surface area contributed by atoms with Crippen LogP contribution in [0.3, 0.4) is 0 Å². The molecule has 3 amide bonds. The fraction of sp³-hybridized carbons (Fsp3) is 0.364. The molecule has 0 bridgehead atoms. The summed E-state index contributed by atoms with van der Waals surface area (Å²) in [6.07, 6.45) is -0.541. The second-order valence-electron chi connectivity index (χ2n) is 6.89. The SMILES string of the molecule is CCOC(CN1C(=O)C(NC(=O)Nc2ccc(C)cc2)c2cc(Br)ccc21)OCC. The largest absolute Gasteiger partial charge is 0.351 e. The van der Waals surface area contributed by atoms with Gasteiger partial charge in [-0.2, -0.15) is 0 Å². The number of nitrogens with one attached hydrogen (secondary N) is 2. The lowest BCUT2D eigenvalue weighted by atomic mass is 10.1. The second-order valence-corrected chi connectivity index (χ2v) is 7.81. The molecular weight excluding hydrogens is 450 g/mol. The molecule has 0 saturated heterocycles. The van der Waals surface area contributed by atoms with Crippen LogP contribution >= 0.6 is 15.9 Å². The van der Waals surface area contributed by atoms with Crippen molar-refractivity contribution in [3.63, 3.8) is 0 Å². The molecule has 1 aliphatic heterocycles. The first kappa shape index (κ1) is 22.3. The van der Waals surface area contributed by atoms with Crippen molar-refractivity contribution < 1.29 is 19.1 Å². The van der Waals surface area contributed by atoms with Crippen molar-refractivity contribution in [3.05, 3.63) is 58.1 Å². The molecule has 1 aliphatic rings. The Labute approximate surface area is 184 Å². The van der Waals surface area contributed by atoms with Crippen LogP contribution in [0.2, 0.25) is 0 Å². The normalized spacial score (nSPS) is 15.4. The van der Waals surface area contributed by atoms with Crippen molar-refractivity contribution in [2.75, 3.05) is 30.0 Å². The van der Waals surface area contributed by atoms with Crippen LogP contribution in [-0.2, 0) is 14.3 Å². The molecule has 8 heteroatoms. The molecule has 0 saturated carbocycles. The zero-order chi connectivity index (χ0) is 21.7. The number of nitrogens with zero attached hydrogens (tertiary/aromatic N) is 1. The molecular formula is C22H26BrN3O4. The second kappa shape index (κ2) is 10.1. The molecule has 1 unspecified atom stereocenters. The van der Waals surface area contributed by atoms with E-state index >= 15 is 0 Å². The highest BCUT2D eigenvalue weighted by Gasteiger charge is 2.39. The van der Waals surface area contributed by atoms with E-state index in [1.807, 2.05) is 63.2 Å². The van der Waals surface area contributed by atoms with Crippen molar-refractivity contribution in [3.8, 4) is 0 Å². The number of hydrogen-bond acceptors (Lipinski definition) is 4. The molecule has 160 valence electrons. The molecule has 0 spiro atoms. The number of anilines is 2. The number of amides is 3. The number of rotatable bonds is 8. The first-order valence-corrected chi connectivity index (χ1v) is 10.7. The van der Waals surface area contributed by atoms with E-state index < -0.39 is 18.4 Å². The average molecular weight is 476 g/mol. The smallest absolute Gasteiger partial charge is 0.320 e. The van der Waals surface area contributed by atoms with E-state index in [1.54, 1.807) is 4.90 Å². The molecule has 2 aromatic rings. The number of ether oxygens (including phenoxy) is 2. The molecule has 1 heterocycles. The van der Waals surface area contributed by atoms with E-state index in [9.17, 15) is 9.59 Å². The summed E-state index contributed by atoms with van der Waals surface area (Å²) in [5, 5.41) is 5.58. The molecule has 0 radical (unpaired) electrons. The van der Waals surface area contributed by atoms with Gasteiger partial charge in [0.2, 0.25) is 0 Å². The van der Waals surface area contributed by atoms with Gasteiger partial charge in [-0.05, 0) is 51.1 Å². The maximum atomic E-state index is 13.2. The van der Waals surface area contributed by atoms with Gasteiger partial charge in [0.25, 0.3) is 5.91 Å². The highest BCUT2D eigenvalue weighted by atomic mass is 79.9. The third kappa shape index (κ3) is 5.19. The van der Waals surface area contributed by atoms with E-state index in [4.69, 9.17) is 9.47 Å². The third-order valence-electron chi connectivity index (χ3n) is 4.73. The lowest BCUT2D eigenvalue weighted by molar-refractivity contribution is -0.135. The van der Waals surface area contributed by atoms with Crippen LogP contribution in [0.4, 0.5) is 16.2 Å². The Morgan fingerprint density at radius 1 is 1.13 bits per heavy atom. The third-order valence-corrected chi connectivity index (χ3v) is 5.22. The summed E-state index contributed by atoms with van der Waals surface area (Å²) in [6.45, 7) is 6.92. The van der Waals surface area contributed by atoms with Crippen LogP contribution in [0.25, 0.3) is 0 Å². The van der Waals surface area contributed by atoms with Gasteiger partial charge in [-0.1, -0.05) is 33.6 Å². The summed E-state index contributed by atoms with van der Waals surface area (Å²) >= 11 is 3.45. The van der Waals surface area contributed by atoms with Gasteiger partial charge in [0.05, 0.1) is 6.54 Å². The Kier molecular flexibility index (Phi) is 7.47. The Balaban J connectivity index is 1.79. The van der Waals surface area contributed by atoms with Crippen molar-refractivity contribution in [1.82, 2.24) is 5.32 Å². The number of fused-ring (bicyclic) bond motifs is 1. The summed E-state index contributed by atoms with van der Waals surface area (Å²) in [5.41, 5.74) is 3.20. The standard InChI is InChI=1S/C22H26BrN3O4/c1-4-29-19(30-5-2)13-26-18-11-8-15(23)12-17(18)20(21(26)27)25-22(28)24-16-9-6-14(3)7-10-16/h6-12,19-20H,4-5,13H2,1-3H3,(H2,24,25,28). The molecule has 0 fully saturated rings. The minimum Gasteiger partial charge on any atom is -0.351 e. The Hall–Kier alpha value is -2.42. The first-order chi connectivity index (χ1) is 14.4. The van der Waals surface area contributed by atoms with Gasteiger partial charge >= 0.3 is 6.03 Å². The molecule has 1 atom stereocenters. The maximum Gasteiger partial charge on any atom is 0.320 e. The molecule has 30 heavy (non-hydrogen) atoms. The van der Waals surface area contributed by atoms with Crippen molar-refractivity contribution in [2.45, 2.75) is 33.1 Å². The highest BCUT2D eigenvalue weighted by Crippen LogP contribution is 2.38.